The van der Waals surface area contributed by atoms with Crippen LogP contribution in [0.15, 0.2) is 0 Å². The van der Waals surface area contributed by atoms with Gasteiger partial charge in [0.05, 0.1) is 12.7 Å². The highest BCUT2D eigenvalue weighted by Crippen LogP contribution is 2.25. The number of rotatable bonds is 7. The summed E-state index contributed by atoms with van der Waals surface area (Å²) in [6, 6.07) is 0. The number of unbranched alkanes of at least 4 members (excludes halogenated alkanes) is 1. The smallest absolute Gasteiger partial charge is 0.404 e. The summed E-state index contributed by atoms with van der Waals surface area (Å²) in [4.78, 5) is 10.2. The molecule has 0 spiro atoms. The van der Waals surface area contributed by atoms with Crippen molar-refractivity contribution >= 4 is 14.1 Å². The first kappa shape index (κ1) is 13.5. The van der Waals surface area contributed by atoms with Gasteiger partial charge >= 0.3 is 6.09 Å². The number of hydrogen-bond donors (Lipinski definition) is 1. The van der Waals surface area contributed by atoms with Crippen LogP contribution in [0.1, 0.15) is 26.7 Å². The third-order valence-electron chi connectivity index (χ3n) is 1.39. The Hall–Kier alpha value is -0.540. The van der Waals surface area contributed by atoms with Gasteiger partial charge in [0.1, 0.15) is 0 Å². The summed E-state index contributed by atoms with van der Waals surface area (Å²) in [5.74, 6) is 0. The zero-order chi connectivity index (χ0) is 11.0. The minimum Gasteiger partial charge on any atom is -0.450 e. The maximum absolute atomic E-state index is 11.2. The molecule has 5 nitrogen and oxygen atoms in total. The normalized spacial score (nSPS) is 12.8. The first-order valence-corrected chi connectivity index (χ1v) is 6.16. The van der Waals surface area contributed by atoms with Crippen molar-refractivity contribution in [3.05, 3.63) is 0 Å². The molecule has 0 aliphatic rings. The van der Waals surface area contributed by atoms with Crippen molar-refractivity contribution in [1.82, 2.24) is 0 Å². The molecule has 0 saturated heterocycles. The zero-order valence-corrected chi connectivity index (χ0v) is 9.62. The average Bonchev–Trinajstić information content (AvgIpc) is 2.01. The van der Waals surface area contributed by atoms with Crippen LogP contribution in [-0.2, 0) is 13.8 Å². The van der Waals surface area contributed by atoms with E-state index in [1.165, 1.54) is 0 Å². The Labute approximate surface area is 84.8 Å². The second-order valence-electron chi connectivity index (χ2n) is 3.16. The molecule has 0 bridgehead atoms. The van der Waals surface area contributed by atoms with Crippen LogP contribution in [0.25, 0.3) is 0 Å². The van der Waals surface area contributed by atoms with Gasteiger partial charge in [-0.3, -0.25) is 4.57 Å². The van der Waals surface area contributed by atoms with E-state index in [1.807, 2.05) is 13.8 Å². The Bertz CT molecular complexity index is 196. The summed E-state index contributed by atoms with van der Waals surface area (Å²) >= 11 is 0. The van der Waals surface area contributed by atoms with E-state index in [2.05, 4.69) is 4.74 Å². The van der Waals surface area contributed by atoms with E-state index >= 15 is 0 Å². The predicted molar refractivity (Wildman–Crippen MR) is 54.9 cm³/mol. The second kappa shape index (κ2) is 7.83. The van der Waals surface area contributed by atoms with Gasteiger partial charge in [-0.2, -0.15) is 0 Å². The summed E-state index contributed by atoms with van der Waals surface area (Å²) in [6.45, 7) is 3.98. The van der Waals surface area contributed by atoms with Crippen LogP contribution in [0, 0.1) is 0 Å². The van der Waals surface area contributed by atoms with E-state index in [4.69, 9.17) is 10.3 Å². The molecule has 2 N–H and O–H groups in total. The number of nitrogens with two attached hydrogens (primary N) is 1. The molecule has 0 aromatic carbocycles. The Balaban J connectivity index is 3.27. The average molecular weight is 223 g/mol. The van der Waals surface area contributed by atoms with Gasteiger partial charge in [0.15, 0.2) is 8.03 Å². The number of carbonyl (C=O) groups excluding carboxylic acids is 1. The molecule has 6 heteroatoms. The number of primary amides is 1. The van der Waals surface area contributed by atoms with Crippen molar-refractivity contribution in [2.24, 2.45) is 5.73 Å². The van der Waals surface area contributed by atoms with E-state index in [0.717, 1.165) is 6.42 Å². The van der Waals surface area contributed by atoms with E-state index in [1.54, 1.807) is 0 Å². The predicted octanol–water partition coefficient (Wildman–Crippen LogP) is 1.76. The topological polar surface area (TPSA) is 78.6 Å². The third kappa shape index (κ3) is 9.55. The van der Waals surface area contributed by atoms with Crippen molar-refractivity contribution in [3.63, 3.8) is 0 Å². The first-order chi connectivity index (χ1) is 6.52. The first-order valence-electron chi connectivity index (χ1n) is 4.64. The van der Waals surface area contributed by atoms with Crippen LogP contribution in [0.2, 0.25) is 0 Å². The lowest BCUT2D eigenvalue weighted by Gasteiger charge is -2.06. The lowest BCUT2D eigenvalue weighted by Crippen LogP contribution is -2.13. The van der Waals surface area contributed by atoms with Crippen LogP contribution in [0.4, 0.5) is 4.79 Å². The maximum Gasteiger partial charge on any atom is 0.404 e. The maximum atomic E-state index is 11.2. The molecule has 0 rings (SSSR count). The lowest BCUT2D eigenvalue weighted by molar-refractivity contribution is 0.155. The van der Waals surface area contributed by atoms with Crippen LogP contribution in [0.3, 0.4) is 0 Å². The Morgan fingerprint density at radius 2 is 2.07 bits per heavy atom. The molecule has 1 amide bonds. The van der Waals surface area contributed by atoms with Crippen molar-refractivity contribution in [1.29, 1.82) is 0 Å². The van der Waals surface area contributed by atoms with E-state index in [-0.39, 0.29) is 12.7 Å². The molecule has 0 heterocycles. The monoisotopic (exact) mass is 223 g/mol. The number of hydrogen-bond acceptors (Lipinski definition) is 4. The molecule has 0 aromatic rings. The fourth-order valence-electron chi connectivity index (χ4n) is 0.866. The molecule has 0 saturated carbocycles. The molecule has 84 valence electrons. The summed E-state index contributed by atoms with van der Waals surface area (Å²) in [5, 5.41) is 0. The summed E-state index contributed by atoms with van der Waals surface area (Å²) in [6.07, 6.45) is 1.16. The lowest BCUT2D eigenvalue weighted by atomic mass is 10.4. The summed E-state index contributed by atoms with van der Waals surface area (Å²) in [7, 11) is -1.91. The van der Waals surface area contributed by atoms with Gasteiger partial charge in [0, 0.05) is 6.16 Å². The quantitative estimate of drug-likeness (QED) is 0.527. The number of amides is 1. The third-order valence-corrected chi connectivity index (χ3v) is 2.88. The van der Waals surface area contributed by atoms with E-state index in [9.17, 15) is 9.36 Å². The van der Waals surface area contributed by atoms with Crippen LogP contribution in [-0.4, -0.2) is 25.0 Å². The van der Waals surface area contributed by atoms with Gasteiger partial charge in [-0.15, -0.1) is 0 Å². The van der Waals surface area contributed by atoms with Crippen LogP contribution in [0.5, 0.6) is 0 Å². The molecule has 0 radical (unpaired) electrons. The van der Waals surface area contributed by atoms with Gasteiger partial charge in [-0.25, -0.2) is 4.79 Å². The van der Waals surface area contributed by atoms with Gasteiger partial charge in [0.25, 0.3) is 0 Å². The highest BCUT2D eigenvalue weighted by Gasteiger charge is 2.02. The van der Waals surface area contributed by atoms with Crippen molar-refractivity contribution < 1.29 is 18.6 Å². The Morgan fingerprint density at radius 1 is 1.43 bits per heavy atom. The molecule has 0 aliphatic carbocycles. The largest absolute Gasteiger partial charge is 0.450 e. The molecule has 1 atom stereocenters. The number of ether oxygens (including phenoxy) is 1. The van der Waals surface area contributed by atoms with E-state index < -0.39 is 14.1 Å². The molecule has 1 unspecified atom stereocenters. The van der Waals surface area contributed by atoms with Gasteiger partial charge in [0.2, 0.25) is 0 Å². The molecule has 0 aromatic heterocycles. The van der Waals surface area contributed by atoms with Gasteiger partial charge in [-0.05, 0) is 26.7 Å². The molecule has 0 fully saturated rings. The van der Waals surface area contributed by atoms with Gasteiger partial charge < -0.3 is 15.0 Å². The molecular formula is C8H18NO4P. The highest BCUT2D eigenvalue weighted by molar-refractivity contribution is 7.39. The highest BCUT2D eigenvalue weighted by atomic mass is 31.1. The fraction of sp³-hybridized carbons (Fsp3) is 0.875. The van der Waals surface area contributed by atoms with E-state index in [0.29, 0.717) is 12.6 Å². The molecule has 14 heavy (non-hydrogen) atoms. The molecular weight excluding hydrogens is 205 g/mol. The summed E-state index contributed by atoms with van der Waals surface area (Å²) < 4.78 is 20.8. The van der Waals surface area contributed by atoms with Crippen molar-refractivity contribution in [3.8, 4) is 0 Å². The Morgan fingerprint density at radius 3 is 2.57 bits per heavy atom. The number of carbonyl (C=O) groups is 1. The van der Waals surface area contributed by atoms with Gasteiger partial charge in [-0.1, -0.05) is 0 Å². The fourth-order valence-corrected chi connectivity index (χ4v) is 2.05. The SMILES string of the molecule is CC(C)O[PH](=O)CCCCOC(N)=O. The zero-order valence-electron chi connectivity index (χ0n) is 8.62. The van der Waals surface area contributed by atoms with Crippen molar-refractivity contribution in [2.75, 3.05) is 12.8 Å². The minimum atomic E-state index is -1.91. The standard InChI is InChI=1S/C8H18NO4P/c1-7(2)13-14(11)6-4-3-5-12-8(9)10/h7,14H,3-6H2,1-2H3,(H2,9,10). The molecule has 0 aliphatic heterocycles. The van der Waals surface area contributed by atoms with Crippen LogP contribution < -0.4 is 5.73 Å². The Kier molecular flexibility index (Phi) is 7.52. The second-order valence-corrected chi connectivity index (χ2v) is 4.64. The minimum absolute atomic E-state index is 0.00302. The van der Waals surface area contributed by atoms with Crippen molar-refractivity contribution in [2.45, 2.75) is 32.8 Å². The summed E-state index contributed by atoms with van der Waals surface area (Å²) in [5.41, 5.74) is 4.76. The van der Waals surface area contributed by atoms with Crippen LogP contribution >= 0.6 is 8.03 Å².